The van der Waals surface area contributed by atoms with Crippen molar-refractivity contribution in [1.29, 1.82) is 0 Å². The molecule has 3 atom stereocenters. The second kappa shape index (κ2) is 3.95. The van der Waals surface area contributed by atoms with Gasteiger partial charge in [0.25, 0.3) is 0 Å². The van der Waals surface area contributed by atoms with Crippen LogP contribution in [0.3, 0.4) is 0 Å². The molecule has 3 nitrogen and oxygen atoms in total. The highest BCUT2D eigenvalue weighted by atomic mass is 16.3. The SMILES string of the molecule is OCC(CO)N[C@@H]1C[C@H]2CC[C@H]1C2. The normalized spacial score (nSPS) is 37.6. The maximum Gasteiger partial charge on any atom is 0.0607 e. The van der Waals surface area contributed by atoms with Crippen LogP contribution >= 0.6 is 0 Å². The van der Waals surface area contributed by atoms with Gasteiger partial charge < -0.3 is 15.5 Å². The van der Waals surface area contributed by atoms with Crippen LogP contribution in [-0.4, -0.2) is 35.5 Å². The molecule has 0 heterocycles. The van der Waals surface area contributed by atoms with Crippen molar-refractivity contribution in [3.8, 4) is 0 Å². The van der Waals surface area contributed by atoms with Crippen LogP contribution in [0.4, 0.5) is 0 Å². The van der Waals surface area contributed by atoms with Crippen molar-refractivity contribution in [3.63, 3.8) is 0 Å². The van der Waals surface area contributed by atoms with Crippen molar-refractivity contribution >= 4 is 0 Å². The maximum absolute atomic E-state index is 8.93. The zero-order chi connectivity index (χ0) is 9.26. The Balaban J connectivity index is 1.82. The summed E-state index contributed by atoms with van der Waals surface area (Å²) in [5.74, 6) is 1.73. The minimum Gasteiger partial charge on any atom is -0.395 e. The molecule has 0 radical (unpaired) electrons. The molecule has 3 heteroatoms. The summed E-state index contributed by atoms with van der Waals surface area (Å²) >= 11 is 0. The summed E-state index contributed by atoms with van der Waals surface area (Å²) in [4.78, 5) is 0. The minimum atomic E-state index is -0.107. The molecule has 13 heavy (non-hydrogen) atoms. The second-order valence-electron chi connectivity index (χ2n) is 4.51. The van der Waals surface area contributed by atoms with Crippen molar-refractivity contribution in [3.05, 3.63) is 0 Å². The Morgan fingerprint density at radius 3 is 2.38 bits per heavy atom. The second-order valence-corrected chi connectivity index (χ2v) is 4.51. The summed E-state index contributed by atoms with van der Waals surface area (Å²) in [6.45, 7) is 0.0920. The molecule has 2 fully saturated rings. The van der Waals surface area contributed by atoms with Crippen LogP contribution in [0.2, 0.25) is 0 Å². The number of aliphatic hydroxyl groups excluding tert-OH is 2. The lowest BCUT2D eigenvalue weighted by molar-refractivity contribution is 0.152. The van der Waals surface area contributed by atoms with Gasteiger partial charge in [0.15, 0.2) is 0 Å². The highest BCUT2D eigenvalue weighted by molar-refractivity contribution is 4.95. The van der Waals surface area contributed by atoms with Crippen LogP contribution in [-0.2, 0) is 0 Å². The van der Waals surface area contributed by atoms with E-state index in [2.05, 4.69) is 5.32 Å². The van der Waals surface area contributed by atoms with Crippen LogP contribution in [0.5, 0.6) is 0 Å². The molecule has 0 unspecified atom stereocenters. The molecule has 0 aromatic rings. The third kappa shape index (κ3) is 1.87. The molecule has 2 rings (SSSR count). The van der Waals surface area contributed by atoms with Gasteiger partial charge in [-0.05, 0) is 31.1 Å². The van der Waals surface area contributed by atoms with E-state index < -0.39 is 0 Å². The Morgan fingerprint density at radius 2 is 1.92 bits per heavy atom. The summed E-state index contributed by atoms with van der Waals surface area (Å²) in [6, 6.07) is 0.451. The van der Waals surface area contributed by atoms with E-state index >= 15 is 0 Å². The first-order chi connectivity index (χ1) is 6.33. The number of aliphatic hydroxyl groups is 2. The largest absolute Gasteiger partial charge is 0.395 e. The highest BCUT2D eigenvalue weighted by Crippen LogP contribution is 2.44. The van der Waals surface area contributed by atoms with Gasteiger partial charge in [-0.25, -0.2) is 0 Å². The molecule has 0 aromatic heterocycles. The number of fused-ring (bicyclic) bond motifs is 2. The molecule has 0 aromatic carbocycles. The van der Waals surface area contributed by atoms with Gasteiger partial charge in [-0.15, -0.1) is 0 Å². The molecule has 0 amide bonds. The Morgan fingerprint density at radius 1 is 1.15 bits per heavy atom. The summed E-state index contributed by atoms with van der Waals surface area (Å²) in [5.41, 5.74) is 0. The quantitative estimate of drug-likeness (QED) is 0.583. The van der Waals surface area contributed by atoms with Gasteiger partial charge >= 0.3 is 0 Å². The van der Waals surface area contributed by atoms with Gasteiger partial charge in [0.1, 0.15) is 0 Å². The maximum atomic E-state index is 8.93. The average molecular weight is 185 g/mol. The molecule has 2 bridgehead atoms. The lowest BCUT2D eigenvalue weighted by Gasteiger charge is -2.26. The number of rotatable bonds is 4. The van der Waals surface area contributed by atoms with E-state index in [1.807, 2.05) is 0 Å². The standard InChI is InChI=1S/C10H19NO2/c12-5-9(6-13)11-10-4-7-1-2-8(10)3-7/h7-13H,1-6H2/t7-,8-,10+/m0/s1. The van der Waals surface area contributed by atoms with Crippen LogP contribution in [0, 0.1) is 11.8 Å². The summed E-state index contributed by atoms with van der Waals surface area (Å²) < 4.78 is 0. The zero-order valence-corrected chi connectivity index (χ0v) is 7.95. The molecule has 2 saturated carbocycles. The van der Waals surface area contributed by atoms with E-state index in [1.165, 1.54) is 25.7 Å². The predicted molar refractivity (Wildman–Crippen MR) is 50.3 cm³/mol. The Hall–Kier alpha value is -0.120. The molecule has 3 N–H and O–H groups in total. The summed E-state index contributed by atoms with van der Waals surface area (Å²) in [5, 5.41) is 21.2. The molecule has 0 saturated heterocycles. The number of nitrogens with one attached hydrogen (secondary N) is 1. The molecule has 0 spiro atoms. The highest BCUT2D eigenvalue weighted by Gasteiger charge is 2.39. The van der Waals surface area contributed by atoms with Gasteiger partial charge in [0.05, 0.1) is 19.3 Å². The van der Waals surface area contributed by atoms with Crippen LogP contribution in [0.25, 0.3) is 0 Å². The van der Waals surface area contributed by atoms with E-state index in [0.717, 1.165) is 11.8 Å². The third-order valence-electron chi connectivity index (χ3n) is 3.63. The van der Waals surface area contributed by atoms with Crippen LogP contribution in [0.1, 0.15) is 25.7 Å². The molecule has 0 aliphatic heterocycles. The summed E-state index contributed by atoms with van der Waals surface area (Å²) in [6.07, 6.45) is 5.35. The number of hydrogen-bond acceptors (Lipinski definition) is 3. The Labute approximate surface area is 79.2 Å². The van der Waals surface area contributed by atoms with Crippen molar-refractivity contribution in [2.75, 3.05) is 13.2 Å². The van der Waals surface area contributed by atoms with Gasteiger partial charge in [-0.3, -0.25) is 0 Å². The Kier molecular flexibility index (Phi) is 2.86. The van der Waals surface area contributed by atoms with E-state index in [9.17, 15) is 0 Å². The fourth-order valence-corrected chi connectivity index (χ4v) is 2.91. The van der Waals surface area contributed by atoms with Gasteiger partial charge in [-0.2, -0.15) is 0 Å². The fourth-order valence-electron chi connectivity index (χ4n) is 2.91. The van der Waals surface area contributed by atoms with Crippen molar-refractivity contribution in [2.45, 2.75) is 37.8 Å². The van der Waals surface area contributed by atoms with Gasteiger partial charge in [0.2, 0.25) is 0 Å². The lowest BCUT2D eigenvalue weighted by Crippen LogP contribution is -2.45. The van der Waals surface area contributed by atoms with Crippen molar-refractivity contribution < 1.29 is 10.2 Å². The van der Waals surface area contributed by atoms with E-state index in [4.69, 9.17) is 10.2 Å². The zero-order valence-electron chi connectivity index (χ0n) is 7.95. The van der Waals surface area contributed by atoms with Gasteiger partial charge in [-0.1, -0.05) is 6.42 Å². The fraction of sp³-hybridized carbons (Fsp3) is 1.00. The molecular formula is C10H19NO2. The first-order valence-corrected chi connectivity index (χ1v) is 5.31. The van der Waals surface area contributed by atoms with Crippen LogP contribution < -0.4 is 5.32 Å². The molecule has 76 valence electrons. The average Bonchev–Trinajstić information content (AvgIpc) is 2.75. The smallest absolute Gasteiger partial charge is 0.0607 e. The molecular weight excluding hydrogens is 166 g/mol. The van der Waals surface area contributed by atoms with Gasteiger partial charge in [0, 0.05) is 6.04 Å². The van der Waals surface area contributed by atoms with Crippen molar-refractivity contribution in [1.82, 2.24) is 5.32 Å². The molecule has 2 aliphatic carbocycles. The summed E-state index contributed by atoms with van der Waals surface area (Å²) in [7, 11) is 0. The Bertz CT molecular complexity index is 170. The first kappa shape index (κ1) is 9.44. The molecule has 2 aliphatic rings. The lowest BCUT2D eigenvalue weighted by atomic mass is 9.95. The van der Waals surface area contributed by atoms with E-state index in [1.54, 1.807) is 0 Å². The monoisotopic (exact) mass is 185 g/mol. The van der Waals surface area contributed by atoms with E-state index in [0.29, 0.717) is 6.04 Å². The topological polar surface area (TPSA) is 52.5 Å². The number of hydrogen-bond donors (Lipinski definition) is 3. The minimum absolute atomic E-state index is 0.0460. The third-order valence-corrected chi connectivity index (χ3v) is 3.63. The predicted octanol–water partition coefficient (Wildman–Crippen LogP) is 0.118. The first-order valence-electron chi connectivity index (χ1n) is 5.31. The van der Waals surface area contributed by atoms with E-state index in [-0.39, 0.29) is 19.3 Å². The van der Waals surface area contributed by atoms with Crippen LogP contribution in [0.15, 0.2) is 0 Å². The van der Waals surface area contributed by atoms with Crippen molar-refractivity contribution in [2.24, 2.45) is 11.8 Å².